The lowest BCUT2D eigenvalue weighted by molar-refractivity contribution is -0.137. The van der Waals surface area contributed by atoms with Gasteiger partial charge < -0.3 is 9.80 Å². The Bertz CT molecular complexity index is 1090. The van der Waals surface area contributed by atoms with Gasteiger partial charge in [0.1, 0.15) is 0 Å². The number of benzene rings is 2. The molecule has 2 heterocycles. The van der Waals surface area contributed by atoms with E-state index in [1.54, 1.807) is 13.0 Å². The zero-order chi connectivity index (χ0) is 21.3. The monoisotopic (exact) mass is 414 g/mol. The van der Waals surface area contributed by atoms with Crippen LogP contribution in [0.1, 0.15) is 11.3 Å². The van der Waals surface area contributed by atoms with Crippen LogP contribution in [-0.2, 0) is 6.18 Å². The van der Waals surface area contributed by atoms with E-state index < -0.39 is 11.7 Å². The molecule has 3 aromatic rings. The summed E-state index contributed by atoms with van der Waals surface area (Å²) in [7, 11) is 0. The first-order valence-electron chi connectivity index (χ1n) is 9.66. The molecule has 30 heavy (non-hydrogen) atoms. The average molecular weight is 414 g/mol. The van der Waals surface area contributed by atoms with Gasteiger partial charge >= 0.3 is 6.18 Å². The van der Waals surface area contributed by atoms with Gasteiger partial charge in [-0.1, -0.05) is 24.3 Å². The Hall–Kier alpha value is -3.29. The Balaban J connectivity index is 1.61. The number of alkyl halides is 3. The molecule has 5 nitrogen and oxygen atoms in total. The van der Waals surface area contributed by atoms with Crippen molar-refractivity contribution in [2.24, 2.45) is 0 Å². The van der Waals surface area contributed by atoms with Gasteiger partial charge in [0.2, 0.25) is 5.43 Å². The molecule has 4 rings (SSSR count). The van der Waals surface area contributed by atoms with Crippen LogP contribution in [0.4, 0.5) is 24.7 Å². The number of para-hydroxylation sites is 1. The molecule has 1 saturated heterocycles. The number of nitrogens with zero attached hydrogens (tertiary/aromatic N) is 4. The second-order valence-corrected chi connectivity index (χ2v) is 7.24. The smallest absolute Gasteiger partial charge is 0.368 e. The van der Waals surface area contributed by atoms with Crippen molar-refractivity contribution >= 4 is 11.5 Å². The van der Waals surface area contributed by atoms with Crippen molar-refractivity contribution in [1.82, 2.24) is 9.78 Å². The molecule has 0 N–H and O–H groups in total. The summed E-state index contributed by atoms with van der Waals surface area (Å²) in [6.45, 7) is 4.31. The zero-order valence-electron chi connectivity index (χ0n) is 16.4. The molecule has 0 saturated carbocycles. The van der Waals surface area contributed by atoms with Crippen LogP contribution in [0, 0.1) is 6.92 Å². The molecule has 0 aliphatic carbocycles. The normalized spacial score (nSPS) is 14.8. The Morgan fingerprint density at radius 3 is 2.13 bits per heavy atom. The fourth-order valence-corrected chi connectivity index (χ4v) is 3.65. The van der Waals surface area contributed by atoms with Gasteiger partial charge in [-0.2, -0.15) is 13.2 Å². The van der Waals surface area contributed by atoms with Gasteiger partial charge in [0.15, 0.2) is 5.82 Å². The van der Waals surface area contributed by atoms with Crippen LogP contribution >= 0.6 is 0 Å². The first kappa shape index (κ1) is 20.0. The molecule has 2 aromatic carbocycles. The lowest BCUT2D eigenvalue weighted by Crippen LogP contribution is -2.48. The van der Waals surface area contributed by atoms with E-state index in [1.807, 2.05) is 35.2 Å². The third kappa shape index (κ3) is 4.03. The Morgan fingerprint density at radius 2 is 1.47 bits per heavy atom. The molecule has 8 heteroatoms. The number of hydrogen-bond acceptors (Lipinski definition) is 4. The summed E-state index contributed by atoms with van der Waals surface area (Å²) in [6.07, 6.45) is -4.44. The van der Waals surface area contributed by atoms with Crippen LogP contribution < -0.4 is 15.2 Å². The quantitative estimate of drug-likeness (QED) is 0.652. The lowest BCUT2D eigenvalue weighted by atomic mass is 10.2. The van der Waals surface area contributed by atoms with E-state index in [9.17, 15) is 18.0 Å². The van der Waals surface area contributed by atoms with Gasteiger partial charge in [0, 0.05) is 43.6 Å². The second-order valence-electron chi connectivity index (χ2n) is 7.24. The molecule has 156 valence electrons. The van der Waals surface area contributed by atoms with E-state index in [0.29, 0.717) is 18.8 Å². The molecular weight excluding hydrogens is 393 g/mol. The summed E-state index contributed by atoms with van der Waals surface area (Å²) in [5.41, 5.74) is 0.884. The number of hydrogen-bond donors (Lipinski definition) is 0. The maximum atomic E-state index is 13.1. The van der Waals surface area contributed by atoms with Crippen LogP contribution in [0.15, 0.2) is 65.5 Å². The Morgan fingerprint density at radius 1 is 0.833 bits per heavy atom. The number of halogens is 3. The molecule has 1 aromatic heterocycles. The molecule has 1 aliphatic rings. The second kappa shape index (κ2) is 7.85. The highest BCUT2D eigenvalue weighted by Gasteiger charge is 2.30. The van der Waals surface area contributed by atoms with E-state index in [-0.39, 0.29) is 16.9 Å². The molecule has 0 radical (unpaired) electrons. The minimum atomic E-state index is -4.44. The molecule has 0 atom stereocenters. The molecule has 0 spiro atoms. The maximum absolute atomic E-state index is 13.1. The third-order valence-corrected chi connectivity index (χ3v) is 5.21. The van der Waals surface area contributed by atoms with Gasteiger partial charge in [-0.05, 0) is 37.3 Å². The van der Waals surface area contributed by atoms with Crippen LogP contribution in [0.25, 0.3) is 5.69 Å². The molecule has 1 fully saturated rings. The molecule has 1 aliphatic heterocycles. The SMILES string of the molecule is Cc1cc(=O)c(N2CCN(c3ccccc3)CC2)nn1-c1cccc(C(F)(F)F)c1. The van der Waals surface area contributed by atoms with Crippen LogP contribution in [0.5, 0.6) is 0 Å². The fourth-order valence-electron chi connectivity index (χ4n) is 3.65. The minimum Gasteiger partial charge on any atom is -0.368 e. The van der Waals surface area contributed by atoms with Crippen molar-refractivity contribution in [3.8, 4) is 5.69 Å². The largest absolute Gasteiger partial charge is 0.416 e. The van der Waals surface area contributed by atoms with Crippen molar-refractivity contribution in [3.05, 3.63) is 82.1 Å². The average Bonchev–Trinajstić information content (AvgIpc) is 2.74. The van der Waals surface area contributed by atoms with E-state index >= 15 is 0 Å². The molecule has 0 unspecified atom stereocenters. The summed E-state index contributed by atoms with van der Waals surface area (Å²) in [5.74, 6) is 0.255. The van der Waals surface area contributed by atoms with Crippen molar-refractivity contribution in [2.75, 3.05) is 36.0 Å². The molecule has 0 bridgehead atoms. The van der Waals surface area contributed by atoms with Gasteiger partial charge in [-0.3, -0.25) is 4.79 Å². The summed E-state index contributed by atoms with van der Waals surface area (Å²) >= 11 is 0. The summed E-state index contributed by atoms with van der Waals surface area (Å²) < 4.78 is 40.7. The first-order chi connectivity index (χ1) is 14.3. The fraction of sp³-hybridized carbons (Fsp3) is 0.273. The van der Waals surface area contributed by atoms with E-state index in [1.165, 1.54) is 16.8 Å². The van der Waals surface area contributed by atoms with Gasteiger partial charge in [-0.25, -0.2) is 4.68 Å². The Kier molecular flexibility index (Phi) is 5.24. The highest BCUT2D eigenvalue weighted by molar-refractivity contribution is 5.49. The highest BCUT2D eigenvalue weighted by atomic mass is 19.4. The third-order valence-electron chi connectivity index (χ3n) is 5.21. The maximum Gasteiger partial charge on any atom is 0.416 e. The zero-order valence-corrected chi connectivity index (χ0v) is 16.4. The standard InChI is InChI=1S/C22H21F3N4O/c1-16-14-20(30)21(26-29(16)19-9-5-6-17(15-19)22(23,24)25)28-12-10-27(11-13-28)18-7-3-2-4-8-18/h2-9,14-15H,10-13H2,1H3. The van der Waals surface area contributed by atoms with Crippen LogP contribution in [0.3, 0.4) is 0 Å². The van der Waals surface area contributed by atoms with E-state index in [4.69, 9.17) is 0 Å². The Labute approximate surface area is 172 Å². The van der Waals surface area contributed by atoms with Crippen molar-refractivity contribution in [1.29, 1.82) is 0 Å². The van der Waals surface area contributed by atoms with Gasteiger partial charge in [-0.15, -0.1) is 5.10 Å². The van der Waals surface area contributed by atoms with Crippen molar-refractivity contribution in [2.45, 2.75) is 13.1 Å². The number of aryl methyl sites for hydroxylation is 1. The molecular formula is C22H21F3N4O. The topological polar surface area (TPSA) is 41.4 Å². The minimum absolute atomic E-state index is 0.233. The van der Waals surface area contributed by atoms with Crippen LogP contribution in [0.2, 0.25) is 0 Å². The van der Waals surface area contributed by atoms with Crippen molar-refractivity contribution < 1.29 is 13.2 Å². The van der Waals surface area contributed by atoms with E-state index in [2.05, 4.69) is 10.00 Å². The summed E-state index contributed by atoms with van der Waals surface area (Å²) in [4.78, 5) is 16.7. The highest BCUT2D eigenvalue weighted by Crippen LogP contribution is 2.30. The van der Waals surface area contributed by atoms with Gasteiger partial charge in [0.25, 0.3) is 0 Å². The van der Waals surface area contributed by atoms with Gasteiger partial charge in [0.05, 0.1) is 11.3 Å². The van der Waals surface area contributed by atoms with E-state index in [0.717, 1.165) is 30.9 Å². The number of rotatable bonds is 3. The predicted octanol–water partition coefficient (Wildman–Crippen LogP) is 3.89. The lowest BCUT2D eigenvalue weighted by Gasteiger charge is -2.36. The first-order valence-corrected chi connectivity index (χ1v) is 9.66. The van der Waals surface area contributed by atoms with Crippen molar-refractivity contribution in [3.63, 3.8) is 0 Å². The predicted molar refractivity (Wildman–Crippen MR) is 110 cm³/mol. The number of aromatic nitrogens is 2. The van der Waals surface area contributed by atoms with Crippen LogP contribution in [-0.4, -0.2) is 36.0 Å². The summed E-state index contributed by atoms with van der Waals surface area (Å²) in [6, 6.07) is 16.4. The molecule has 0 amide bonds. The number of piperazine rings is 1. The number of anilines is 2. The summed E-state index contributed by atoms with van der Waals surface area (Å²) in [5, 5.41) is 4.43.